The number of nitrogens with one attached hydrogen (secondary N) is 1. The third kappa shape index (κ3) is 3.69. The first-order valence-corrected chi connectivity index (χ1v) is 9.22. The second-order valence-corrected chi connectivity index (χ2v) is 6.59. The summed E-state index contributed by atoms with van der Waals surface area (Å²) in [5.41, 5.74) is 2.36. The van der Waals surface area contributed by atoms with Crippen LogP contribution in [-0.2, 0) is 0 Å². The second kappa shape index (κ2) is 7.84. The van der Waals surface area contributed by atoms with Crippen molar-refractivity contribution in [1.29, 1.82) is 0 Å². The minimum Gasteiger partial charge on any atom is -0.451 e. The molecule has 0 saturated carbocycles. The molecule has 0 fully saturated rings. The molecule has 0 unspecified atom stereocenters. The Morgan fingerprint density at radius 2 is 1.81 bits per heavy atom. The maximum atomic E-state index is 12.6. The predicted octanol–water partition coefficient (Wildman–Crippen LogP) is 5.13. The van der Waals surface area contributed by atoms with E-state index < -0.39 is 0 Å². The Labute approximate surface area is 162 Å². The van der Waals surface area contributed by atoms with Gasteiger partial charge in [-0.1, -0.05) is 29.8 Å². The van der Waals surface area contributed by atoms with Crippen LogP contribution in [-0.4, -0.2) is 29.8 Å². The molecule has 6 heteroatoms. The summed E-state index contributed by atoms with van der Waals surface area (Å²) in [6.07, 6.45) is 0. The van der Waals surface area contributed by atoms with Gasteiger partial charge in [-0.15, -0.1) is 0 Å². The Hall–Kier alpha value is -2.79. The van der Waals surface area contributed by atoms with Crippen LogP contribution in [0.2, 0.25) is 5.02 Å². The molecule has 0 aliphatic heterocycles. The molecule has 2 aromatic carbocycles. The maximum absolute atomic E-state index is 12.6. The lowest BCUT2D eigenvalue weighted by molar-refractivity contribution is 0.0773. The number of fused-ring (bicyclic) bond motifs is 1. The van der Waals surface area contributed by atoms with Gasteiger partial charge >= 0.3 is 0 Å². The van der Waals surface area contributed by atoms with E-state index in [2.05, 4.69) is 5.32 Å². The standard InChI is InChI=1S/C21H21ClN2O3/c1-4-24(5-2)21(26)16-11-10-14(12-17(16)22)23-20(25)19-13(3)15-8-6-7-9-18(15)27-19/h6-12H,4-5H2,1-3H3,(H,23,25). The Kier molecular flexibility index (Phi) is 5.51. The number of amides is 2. The Balaban J connectivity index is 1.83. The molecular weight excluding hydrogens is 364 g/mol. The van der Waals surface area contributed by atoms with E-state index in [1.165, 1.54) is 0 Å². The number of halogens is 1. The fraction of sp³-hybridized carbons (Fsp3) is 0.238. The molecule has 140 valence electrons. The maximum Gasteiger partial charge on any atom is 0.291 e. The summed E-state index contributed by atoms with van der Waals surface area (Å²) in [5, 5.41) is 3.98. The van der Waals surface area contributed by atoms with Crippen LogP contribution in [0.25, 0.3) is 11.0 Å². The van der Waals surface area contributed by atoms with E-state index in [0.29, 0.717) is 34.9 Å². The molecule has 3 rings (SSSR count). The zero-order valence-electron chi connectivity index (χ0n) is 15.5. The monoisotopic (exact) mass is 384 g/mol. The van der Waals surface area contributed by atoms with Crippen LogP contribution >= 0.6 is 11.6 Å². The lowest BCUT2D eigenvalue weighted by Crippen LogP contribution is -2.30. The quantitative estimate of drug-likeness (QED) is 0.663. The molecule has 5 nitrogen and oxygen atoms in total. The van der Waals surface area contributed by atoms with Gasteiger partial charge in [-0.25, -0.2) is 0 Å². The van der Waals surface area contributed by atoms with Gasteiger partial charge in [0.15, 0.2) is 5.76 Å². The van der Waals surface area contributed by atoms with Crippen LogP contribution < -0.4 is 5.32 Å². The molecule has 0 radical (unpaired) electrons. The number of benzene rings is 2. The largest absolute Gasteiger partial charge is 0.451 e. The van der Waals surface area contributed by atoms with Gasteiger partial charge in [0.1, 0.15) is 5.58 Å². The molecule has 1 N–H and O–H groups in total. The number of hydrogen-bond donors (Lipinski definition) is 1. The zero-order chi connectivity index (χ0) is 19.6. The van der Waals surface area contributed by atoms with Crippen molar-refractivity contribution in [3.8, 4) is 0 Å². The summed E-state index contributed by atoms with van der Waals surface area (Å²) >= 11 is 6.29. The summed E-state index contributed by atoms with van der Waals surface area (Å²) in [5.74, 6) is -0.228. The highest BCUT2D eigenvalue weighted by Gasteiger charge is 2.19. The minimum atomic E-state index is -0.359. The third-order valence-corrected chi connectivity index (χ3v) is 4.87. The first-order chi connectivity index (χ1) is 13.0. The van der Waals surface area contributed by atoms with E-state index in [1.807, 2.05) is 45.0 Å². The van der Waals surface area contributed by atoms with Crippen LogP contribution in [0.5, 0.6) is 0 Å². The summed E-state index contributed by atoms with van der Waals surface area (Å²) in [6.45, 7) is 6.89. The number of para-hydroxylation sites is 1. The lowest BCUT2D eigenvalue weighted by atomic mass is 10.1. The summed E-state index contributed by atoms with van der Waals surface area (Å²) in [4.78, 5) is 26.8. The highest BCUT2D eigenvalue weighted by atomic mass is 35.5. The topological polar surface area (TPSA) is 62.6 Å². The van der Waals surface area contributed by atoms with Crippen molar-refractivity contribution >= 4 is 40.1 Å². The number of furan rings is 1. The van der Waals surface area contributed by atoms with Crippen molar-refractivity contribution in [2.24, 2.45) is 0 Å². The van der Waals surface area contributed by atoms with E-state index in [4.69, 9.17) is 16.0 Å². The van der Waals surface area contributed by atoms with Crippen molar-refractivity contribution in [3.05, 3.63) is 64.4 Å². The molecule has 1 heterocycles. The van der Waals surface area contributed by atoms with E-state index in [0.717, 1.165) is 10.9 Å². The normalized spacial score (nSPS) is 10.8. The van der Waals surface area contributed by atoms with Crippen LogP contribution in [0, 0.1) is 6.92 Å². The fourth-order valence-electron chi connectivity index (χ4n) is 3.03. The van der Waals surface area contributed by atoms with Crippen molar-refractivity contribution in [2.45, 2.75) is 20.8 Å². The predicted molar refractivity (Wildman–Crippen MR) is 108 cm³/mol. The van der Waals surface area contributed by atoms with Crippen molar-refractivity contribution in [1.82, 2.24) is 4.90 Å². The van der Waals surface area contributed by atoms with Gasteiger partial charge in [-0.2, -0.15) is 0 Å². The van der Waals surface area contributed by atoms with Crippen LogP contribution in [0.4, 0.5) is 5.69 Å². The van der Waals surface area contributed by atoms with Gasteiger partial charge < -0.3 is 14.6 Å². The SMILES string of the molecule is CCN(CC)C(=O)c1ccc(NC(=O)c2oc3ccccc3c2C)cc1Cl. The number of carbonyl (C=O) groups is 2. The molecule has 0 saturated heterocycles. The number of anilines is 1. The molecule has 1 aromatic heterocycles. The highest BCUT2D eigenvalue weighted by molar-refractivity contribution is 6.34. The van der Waals surface area contributed by atoms with Crippen LogP contribution in [0.15, 0.2) is 46.9 Å². The second-order valence-electron chi connectivity index (χ2n) is 6.18. The van der Waals surface area contributed by atoms with Crippen LogP contribution in [0.1, 0.15) is 40.3 Å². The van der Waals surface area contributed by atoms with E-state index in [1.54, 1.807) is 23.1 Å². The molecule has 3 aromatic rings. The smallest absolute Gasteiger partial charge is 0.291 e. The number of rotatable bonds is 5. The number of hydrogen-bond acceptors (Lipinski definition) is 3. The minimum absolute atomic E-state index is 0.129. The van der Waals surface area contributed by atoms with Crippen molar-refractivity contribution < 1.29 is 14.0 Å². The molecule has 0 bridgehead atoms. The first-order valence-electron chi connectivity index (χ1n) is 8.84. The van der Waals surface area contributed by atoms with E-state index >= 15 is 0 Å². The molecule has 27 heavy (non-hydrogen) atoms. The zero-order valence-corrected chi connectivity index (χ0v) is 16.3. The molecule has 0 aliphatic rings. The summed E-state index contributed by atoms with van der Waals surface area (Å²) in [6, 6.07) is 12.4. The number of carbonyl (C=O) groups excluding carboxylic acids is 2. The average molecular weight is 385 g/mol. The third-order valence-electron chi connectivity index (χ3n) is 4.56. The lowest BCUT2D eigenvalue weighted by Gasteiger charge is -2.19. The molecular formula is C21H21ClN2O3. The highest BCUT2D eigenvalue weighted by Crippen LogP contribution is 2.27. The Morgan fingerprint density at radius 3 is 2.44 bits per heavy atom. The number of aryl methyl sites for hydroxylation is 1. The Morgan fingerprint density at radius 1 is 1.11 bits per heavy atom. The van der Waals surface area contributed by atoms with Crippen molar-refractivity contribution in [2.75, 3.05) is 18.4 Å². The van der Waals surface area contributed by atoms with E-state index in [9.17, 15) is 9.59 Å². The molecule has 0 spiro atoms. The van der Waals surface area contributed by atoms with Gasteiger partial charge in [0.25, 0.3) is 11.8 Å². The van der Waals surface area contributed by atoms with Gasteiger partial charge in [0, 0.05) is 29.7 Å². The van der Waals surface area contributed by atoms with Crippen molar-refractivity contribution in [3.63, 3.8) is 0 Å². The van der Waals surface area contributed by atoms with Crippen LogP contribution in [0.3, 0.4) is 0 Å². The average Bonchev–Trinajstić information content (AvgIpc) is 3.00. The Bertz CT molecular complexity index is 1010. The van der Waals surface area contributed by atoms with E-state index in [-0.39, 0.29) is 17.6 Å². The van der Waals surface area contributed by atoms with Gasteiger partial charge in [0.05, 0.1) is 10.6 Å². The molecule has 2 amide bonds. The summed E-state index contributed by atoms with van der Waals surface area (Å²) in [7, 11) is 0. The summed E-state index contributed by atoms with van der Waals surface area (Å²) < 4.78 is 5.68. The fourth-order valence-corrected chi connectivity index (χ4v) is 3.29. The molecule has 0 aliphatic carbocycles. The van der Waals surface area contributed by atoms with Gasteiger partial charge in [-0.3, -0.25) is 9.59 Å². The van der Waals surface area contributed by atoms with Gasteiger partial charge in [-0.05, 0) is 45.0 Å². The molecule has 0 atom stereocenters. The first kappa shape index (κ1) is 19.0. The number of nitrogens with zero attached hydrogens (tertiary/aromatic N) is 1. The van der Waals surface area contributed by atoms with Gasteiger partial charge in [0.2, 0.25) is 0 Å².